The van der Waals surface area contributed by atoms with E-state index < -0.39 is 42.2 Å². The maximum absolute atomic E-state index is 13.5. The molecule has 51 heavy (non-hydrogen) atoms. The summed E-state index contributed by atoms with van der Waals surface area (Å²) in [5, 5.41) is 23.1. The lowest BCUT2D eigenvalue weighted by Gasteiger charge is -2.19. The first kappa shape index (κ1) is 36.2. The molecule has 0 aliphatic rings. The predicted octanol–water partition coefficient (Wildman–Crippen LogP) is 3.95. The number of rotatable bonds is 17. The van der Waals surface area contributed by atoms with Crippen LogP contribution in [0.3, 0.4) is 0 Å². The molecule has 1 heterocycles. The Morgan fingerprint density at radius 1 is 0.686 bits per heavy atom. The topological polar surface area (TPSA) is 169 Å². The van der Waals surface area contributed by atoms with Gasteiger partial charge in [-0.3, -0.25) is 24.0 Å². The van der Waals surface area contributed by atoms with E-state index in [2.05, 4.69) is 32.3 Å². The number of carboxylic acids is 1. The Hall–Kier alpha value is -6.04. The number of H-pyrrole nitrogens is 1. The van der Waals surface area contributed by atoms with Crippen molar-refractivity contribution in [3.8, 4) is 0 Å². The molecule has 12 heteroatoms. The summed E-state index contributed by atoms with van der Waals surface area (Å²) < 4.78 is 13.1. The van der Waals surface area contributed by atoms with E-state index in [9.17, 15) is 33.5 Å². The van der Waals surface area contributed by atoms with E-state index in [4.69, 9.17) is 0 Å². The predicted molar refractivity (Wildman–Crippen MR) is 191 cm³/mol. The average molecular weight is 694 g/mol. The number of nitrogens with one attached hydrogen (secondary N) is 5. The first-order valence-corrected chi connectivity index (χ1v) is 16.8. The molecule has 0 radical (unpaired) electrons. The molecule has 0 unspecified atom stereocenters. The third kappa shape index (κ3) is 10.7. The van der Waals surface area contributed by atoms with E-state index in [-0.39, 0.29) is 37.5 Å². The smallest absolute Gasteiger partial charge is 0.305 e. The maximum Gasteiger partial charge on any atom is 0.305 e. The van der Waals surface area contributed by atoms with Crippen molar-refractivity contribution in [2.24, 2.45) is 0 Å². The van der Waals surface area contributed by atoms with Crippen LogP contribution in [0.5, 0.6) is 0 Å². The number of hydrogen-bond acceptors (Lipinski definition) is 5. The quantitative estimate of drug-likeness (QED) is 0.0862. The minimum Gasteiger partial charge on any atom is -0.481 e. The Balaban J connectivity index is 1.15. The Morgan fingerprint density at radius 3 is 1.98 bits per heavy atom. The van der Waals surface area contributed by atoms with Crippen LogP contribution in [0.25, 0.3) is 21.7 Å². The van der Waals surface area contributed by atoms with Crippen molar-refractivity contribution in [1.29, 1.82) is 0 Å². The van der Waals surface area contributed by atoms with E-state index in [0.717, 1.165) is 38.4 Å². The molecule has 6 N–H and O–H groups in total. The lowest BCUT2D eigenvalue weighted by Crippen LogP contribution is -2.49. The summed E-state index contributed by atoms with van der Waals surface area (Å²) in [5.74, 6) is -4.01. The molecule has 0 fully saturated rings. The summed E-state index contributed by atoms with van der Waals surface area (Å²) in [4.78, 5) is 66.7. The molecule has 1 aromatic heterocycles. The SMILES string of the molecule is O=C(O)C[C@@H](NC(=O)CCC(=O)N[C@H](Cc1c[nH]c2ccccc12)C(=O)NCCc1ccc2ccccc2c1)C(=O)NCCc1ccc(F)cc1. The fourth-order valence-electron chi connectivity index (χ4n) is 5.83. The van der Waals surface area contributed by atoms with Gasteiger partial charge in [-0.1, -0.05) is 72.8 Å². The van der Waals surface area contributed by atoms with Gasteiger partial charge in [-0.25, -0.2) is 4.39 Å². The van der Waals surface area contributed by atoms with Gasteiger partial charge in [0, 0.05) is 49.5 Å². The number of carbonyl (C=O) groups excluding carboxylic acids is 4. The number of hydrogen-bond donors (Lipinski definition) is 6. The van der Waals surface area contributed by atoms with Crippen LogP contribution in [-0.2, 0) is 43.2 Å². The minimum absolute atomic E-state index is 0.140. The molecule has 4 amide bonds. The third-order valence-corrected chi connectivity index (χ3v) is 8.51. The van der Waals surface area contributed by atoms with E-state index in [0.29, 0.717) is 19.4 Å². The highest BCUT2D eigenvalue weighted by Gasteiger charge is 2.25. The summed E-state index contributed by atoms with van der Waals surface area (Å²) >= 11 is 0. The van der Waals surface area contributed by atoms with Gasteiger partial charge in [0.05, 0.1) is 6.42 Å². The zero-order valence-corrected chi connectivity index (χ0v) is 27.9. The van der Waals surface area contributed by atoms with Gasteiger partial charge in [-0.2, -0.15) is 0 Å². The number of aromatic nitrogens is 1. The largest absolute Gasteiger partial charge is 0.481 e. The van der Waals surface area contributed by atoms with Crippen molar-refractivity contribution < 1.29 is 33.5 Å². The summed E-state index contributed by atoms with van der Waals surface area (Å²) in [6.07, 6.45) is 1.65. The van der Waals surface area contributed by atoms with Crippen LogP contribution in [0.1, 0.15) is 36.0 Å². The summed E-state index contributed by atoms with van der Waals surface area (Å²) in [6, 6.07) is 25.2. The zero-order chi connectivity index (χ0) is 36.2. The van der Waals surface area contributed by atoms with Crippen LogP contribution < -0.4 is 21.3 Å². The fraction of sp³-hybridized carbons (Fsp3) is 0.256. The third-order valence-electron chi connectivity index (χ3n) is 8.51. The van der Waals surface area contributed by atoms with E-state index >= 15 is 0 Å². The number of benzene rings is 4. The lowest BCUT2D eigenvalue weighted by atomic mass is 10.0. The van der Waals surface area contributed by atoms with Gasteiger partial charge in [0.2, 0.25) is 23.6 Å². The number of para-hydroxylation sites is 1. The Labute approximate surface area is 294 Å². The number of aliphatic carboxylic acids is 1. The molecule has 0 saturated carbocycles. The number of carbonyl (C=O) groups is 5. The molecule has 0 aliphatic carbocycles. The number of amides is 4. The van der Waals surface area contributed by atoms with E-state index in [1.165, 1.54) is 12.1 Å². The van der Waals surface area contributed by atoms with E-state index in [1.54, 1.807) is 18.3 Å². The van der Waals surface area contributed by atoms with Crippen LogP contribution in [0.15, 0.2) is 97.2 Å². The van der Waals surface area contributed by atoms with Crippen molar-refractivity contribution in [2.45, 2.75) is 50.6 Å². The standard InChI is InChI=1S/C39H40FN5O6/c40-30-13-10-25(11-14-30)17-19-41-39(51)34(23-37(48)49)45-36(47)16-15-35(46)44-33(22-29-24-43-32-8-4-3-7-31(29)32)38(50)42-20-18-26-9-12-27-5-1-2-6-28(27)21-26/h1-14,21,24,33-34,43H,15-20,22-23H2,(H,41,51)(H,42,50)(H,44,46)(H,45,47)(H,48,49)/t33-,34-/m1/s1. The Bertz CT molecular complexity index is 2010. The fourth-order valence-corrected chi connectivity index (χ4v) is 5.83. The van der Waals surface area contributed by atoms with Crippen molar-refractivity contribution in [1.82, 2.24) is 26.3 Å². The van der Waals surface area contributed by atoms with Crippen molar-refractivity contribution >= 4 is 51.3 Å². The highest BCUT2D eigenvalue weighted by Crippen LogP contribution is 2.20. The van der Waals surface area contributed by atoms with Gasteiger partial charge in [0.15, 0.2) is 0 Å². The van der Waals surface area contributed by atoms with Crippen LogP contribution in [0.4, 0.5) is 4.39 Å². The number of fused-ring (bicyclic) bond motifs is 2. The zero-order valence-electron chi connectivity index (χ0n) is 27.9. The average Bonchev–Trinajstić information content (AvgIpc) is 3.53. The molecule has 5 rings (SSSR count). The molecule has 0 aliphatic heterocycles. The second-order valence-corrected chi connectivity index (χ2v) is 12.3. The molecule has 4 aromatic carbocycles. The van der Waals surface area contributed by atoms with Crippen molar-refractivity contribution in [3.63, 3.8) is 0 Å². The van der Waals surface area contributed by atoms with Gasteiger partial charge in [0.1, 0.15) is 17.9 Å². The van der Waals surface area contributed by atoms with E-state index in [1.807, 2.05) is 60.7 Å². The van der Waals surface area contributed by atoms with Crippen LogP contribution in [-0.4, -0.2) is 64.9 Å². The number of carboxylic acid groups (broad SMARTS) is 1. The highest BCUT2D eigenvalue weighted by atomic mass is 19.1. The van der Waals surface area contributed by atoms with Gasteiger partial charge in [-0.05, 0) is 58.5 Å². The first-order chi connectivity index (χ1) is 24.6. The van der Waals surface area contributed by atoms with Crippen LogP contribution in [0.2, 0.25) is 0 Å². The Kier molecular flexibility index (Phi) is 12.5. The summed E-state index contributed by atoms with van der Waals surface area (Å²) in [6.45, 7) is 0.484. The number of aromatic amines is 1. The molecule has 0 bridgehead atoms. The second kappa shape index (κ2) is 17.6. The Morgan fingerprint density at radius 2 is 1.27 bits per heavy atom. The minimum atomic E-state index is -1.37. The molecule has 0 spiro atoms. The van der Waals surface area contributed by atoms with Gasteiger partial charge >= 0.3 is 5.97 Å². The highest BCUT2D eigenvalue weighted by molar-refractivity contribution is 5.93. The molecule has 0 saturated heterocycles. The number of halogens is 1. The van der Waals surface area contributed by atoms with Gasteiger partial charge in [-0.15, -0.1) is 0 Å². The molecular formula is C39H40FN5O6. The van der Waals surface area contributed by atoms with Crippen LogP contribution >= 0.6 is 0 Å². The monoisotopic (exact) mass is 693 g/mol. The van der Waals surface area contributed by atoms with Crippen LogP contribution in [0, 0.1) is 5.82 Å². The first-order valence-electron chi connectivity index (χ1n) is 16.8. The molecule has 11 nitrogen and oxygen atoms in total. The normalized spacial score (nSPS) is 12.2. The molecular weight excluding hydrogens is 653 g/mol. The van der Waals surface area contributed by atoms with Gasteiger partial charge in [0.25, 0.3) is 0 Å². The molecule has 2 atom stereocenters. The maximum atomic E-state index is 13.5. The second-order valence-electron chi connectivity index (χ2n) is 12.3. The summed E-state index contributed by atoms with van der Waals surface area (Å²) in [5.41, 5.74) is 3.55. The molecule has 5 aromatic rings. The molecule has 264 valence electrons. The lowest BCUT2D eigenvalue weighted by molar-refractivity contribution is -0.140. The van der Waals surface area contributed by atoms with Crippen molar-refractivity contribution in [2.75, 3.05) is 13.1 Å². The van der Waals surface area contributed by atoms with Crippen molar-refractivity contribution in [3.05, 3.63) is 120 Å². The van der Waals surface area contributed by atoms with Gasteiger partial charge < -0.3 is 31.4 Å². The summed E-state index contributed by atoms with van der Waals surface area (Å²) in [7, 11) is 0.